The number of hydrogen-bond acceptors (Lipinski definition) is 3. The summed E-state index contributed by atoms with van der Waals surface area (Å²) in [4.78, 5) is 1.19. The lowest BCUT2D eigenvalue weighted by atomic mass is 10.1. The number of rotatable bonds is 5. The third-order valence-corrected chi connectivity index (χ3v) is 3.71. The summed E-state index contributed by atoms with van der Waals surface area (Å²) >= 11 is 1.63. The topological polar surface area (TPSA) is 35.8 Å². The van der Waals surface area contributed by atoms with Crippen molar-refractivity contribution >= 4 is 17.0 Å². The fourth-order valence-corrected chi connectivity index (χ4v) is 2.64. The Morgan fingerprint density at radius 3 is 2.89 bits per heavy atom. The van der Waals surface area contributed by atoms with Crippen LogP contribution >= 0.6 is 11.3 Å². The normalized spacial score (nSPS) is 10.0. The quantitative estimate of drug-likeness (QED) is 0.871. The second-order valence-electron chi connectivity index (χ2n) is 4.17. The first-order chi connectivity index (χ1) is 8.83. The van der Waals surface area contributed by atoms with Crippen LogP contribution in [0.15, 0.2) is 35.7 Å². The zero-order chi connectivity index (χ0) is 12.8. The van der Waals surface area contributed by atoms with Crippen LogP contribution < -0.4 is 5.32 Å². The molecule has 18 heavy (non-hydrogen) atoms. The van der Waals surface area contributed by atoms with Crippen molar-refractivity contribution < 1.29 is 0 Å². The summed E-state index contributed by atoms with van der Waals surface area (Å²) < 4.78 is 0. The molecule has 0 spiro atoms. The molecule has 3 heteroatoms. The lowest BCUT2D eigenvalue weighted by molar-refractivity contribution is 0.920. The van der Waals surface area contributed by atoms with E-state index in [-0.39, 0.29) is 0 Å². The number of thiophene rings is 1. The molecule has 1 heterocycles. The first-order valence-electron chi connectivity index (χ1n) is 6.12. The summed E-state index contributed by atoms with van der Waals surface area (Å²) in [6.45, 7) is 2.97. The van der Waals surface area contributed by atoms with Gasteiger partial charge in [0.15, 0.2) is 0 Å². The van der Waals surface area contributed by atoms with Crippen LogP contribution in [0.3, 0.4) is 0 Å². The number of hydrogen-bond donors (Lipinski definition) is 1. The van der Waals surface area contributed by atoms with Crippen LogP contribution in [0, 0.1) is 11.3 Å². The van der Waals surface area contributed by atoms with Gasteiger partial charge in [0.2, 0.25) is 0 Å². The Kier molecular flexibility index (Phi) is 4.38. The number of nitrogens with one attached hydrogen (secondary N) is 1. The minimum Gasteiger partial charge on any atom is -0.380 e. The van der Waals surface area contributed by atoms with E-state index in [9.17, 15) is 0 Å². The van der Waals surface area contributed by atoms with E-state index in [2.05, 4.69) is 42.6 Å². The van der Waals surface area contributed by atoms with Gasteiger partial charge >= 0.3 is 0 Å². The van der Waals surface area contributed by atoms with Gasteiger partial charge in [0.05, 0.1) is 5.56 Å². The van der Waals surface area contributed by atoms with Gasteiger partial charge in [0.25, 0.3) is 0 Å². The van der Waals surface area contributed by atoms with Gasteiger partial charge in [-0.05, 0) is 24.1 Å². The summed E-state index contributed by atoms with van der Waals surface area (Å²) in [5.41, 5.74) is 3.31. The Labute approximate surface area is 112 Å². The summed E-state index contributed by atoms with van der Waals surface area (Å²) in [5, 5.41) is 14.1. The molecule has 1 aromatic carbocycles. The molecule has 0 aliphatic rings. The molecule has 1 N–H and O–H groups in total. The van der Waals surface area contributed by atoms with Crippen LogP contribution in [0.1, 0.15) is 29.3 Å². The van der Waals surface area contributed by atoms with Crippen molar-refractivity contribution in [3.8, 4) is 6.07 Å². The Hall–Kier alpha value is -1.79. The van der Waals surface area contributed by atoms with Crippen molar-refractivity contribution in [1.82, 2.24) is 0 Å². The van der Waals surface area contributed by atoms with Gasteiger partial charge in [-0.2, -0.15) is 5.26 Å². The van der Waals surface area contributed by atoms with Crippen molar-refractivity contribution in [2.45, 2.75) is 26.3 Å². The number of nitrogens with zero attached hydrogens (tertiary/aromatic N) is 1. The fourth-order valence-electron chi connectivity index (χ4n) is 1.89. The number of anilines is 1. The van der Waals surface area contributed by atoms with Gasteiger partial charge in [-0.15, -0.1) is 11.3 Å². The highest BCUT2D eigenvalue weighted by Crippen LogP contribution is 2.20. The molecular formula is C15H16N2S. The van der Waals surface area contributed by atoms with Gasteiger partial charge < -0.3 is 5.32 Å². The van der Waals surface area contributed by atoms with Crippen LogP contribution in [0.5, 0.6) is 0 Å². The molecular weight excluding hydrogens is 240 g/mol. The maximum atomic E-state index is 8.79. The first-order valence-corrected chi connectivity index (χ1v) is 7.00. The molecule has 0 radical (unpaired) electrons. The predicted octanol–water partition coefficient (Wildman–Crippen LogP) is 4.18. The van der Waals surface area contributed by atoms with Gasteiger partial charge in [-0.1, -0.05) is 31.5 Å². The monoisotopic (exact) mass is 256 g/mol. The first kappa shape index (κ1) is 12.7. The van der Waals surface area contributed by atoms with Gasteiger partial charge in [-0.3, -0.25) is 0 Å². The smallest absolute Gasteiger partial charge is 0.100 e. The third kappa shape index (κ3) is 3.12. The molecule has 0 unspecified atom stereocenters. The third-order valence-electron chi connectivity index (χ3n) is 2.77. The molecule has 2 nitrogen and oxygen atoms in total. The van der Waals surface area contributed by atoms with Gasteiger partial charge in [0.1, 0.15) is 6.07 Å². The molecule has 2 aromatic rings. The van der Waals surface area contributed by atoms with Gasteiger partial charge in [-0.25, -0.2) is 0 Å². The summed E-state index contributed by atoms with van der Waals surface area (Å²) in [7, 11) is 0. The maximum absolute atomic E-state index is 8.79. The molecule has 0 saturated carbocycles. The Balaban J connectivity index is 2.03. The van der Waals surface area contributed by atoms with Crippen LogP contribution in [0.25, 0.3) is 0 Å². The lowest BCUT2D eigenvalue weighted by Gasteiger charge is -2.10. The molecule has 0 bridgehead atoms. The van der Waals surface area contributed by atoms with E-state index in [4.69, 9.17) is 5.26 Å². The zero-order valence-electron chi connectivity index (χ0n) is 10.4. The van der Waals surface area contributed by atoms with Crippen molar-refractivity contribution in [1.29, 1.82) is 5.26 Å². The molecule has 0 aliphatic carbocycles. The number of nitriles is 1. The highest BCUT2D eigenvalue weighted by molar-refractivity contribution is 7.10. The number of benzene rings is 1. The Bertz CT molecular complexity index is 552. The van der Waals surface area contributed by atoms with Crippen LogP contribution in [0.2, 0.25) is 0 Å². The average Bonchev–Trinajstić information content (AvgIpc) is 2.86. The molecule has 2 rings (SSSR count). The zero-order valence-corrected chi connectivity index (χ0v) is 11.3. The van der Waals surface area contributed by atoms with E-state index in [0.717, 1.165) is 24.9 Å². The summed E-state index contributed by atoms with van der Waals surface area (Å²) in [6, 6.07) is 12.5. The minimum atomic E-state index is 0.749. The molecule has 0 amide bonds. The molecule has 0 atom stereocenters. The molecule has 0 saturated heterocycles. The highest BCUT2D eigenvalue weighted by atomic mass is 32.1. The van der Waals surface area contributed by atoms with Crippen molar-refractivity contribution in [3.05, 3.63) is 51.7 Å². The SMILES string of the molecule is CCCc1ccccc1NCc1cc(C#N)cs1. The second kappa shape index (κ2) is 6.23. The maximum Gasteiger partial charge on any atom is 0.100 e. The minimum absolute atomic E-state index is 0.749. The van der Waals surface area contributed by atoms with E-state index in [1.807, 2.05) is 11.4 Å². The lowest BCUT2D eigenvalue weighted by Crippen LogP contribution is -2.00. The van der Waals surface area contributed by atoms with Crippen molar-refractivity contribution in [2.24, 2.45) is 0 Å². The average molecular weight is 256 g/mol. The fraction of sp³-hybridized carbons (Fsp3) is 0.267. The van der Waals surface area contributed by atoms with Crippen molar-refractivity contribution in [2.75, 3.05) is 5.32 Å². The largest absolute Gasteiger partial charge is 0.380 e. The van der Waals surface area contributed by atoms with Crippen LogP contribution in [-0.4, -0.2) is 0 Å². The van der Waals surface area contributed by atoms with E-state index in [1.165, 1.54) is 16.1 Å². The summed E-state index contributed by atoms with van der Waals surface area (Å²) in [6.07, 6.45) is 2.24. The predicted molar refractivity (Wildman–Crippen MR) is 76.8 cm³/mol. The van der Waals surface area contributed by atoms with E-state index in [1.54, 1.807) is 11.3 Å². The second-order valence-corrected chi connectivity index (χ2v) is 5.17. The van der Waals surface area contributed by atoms with Crippen LogP contribution in [-0.2, 0) is 13.0 Å². The standard InChI is InChI=1S/C15H16N2S/c1-2-5-13-6-3-4-7-15(13)17-10-14-8-12(9-16)11-18-14/h3-4,6-8,11,17H,2,5,10H2,1H3. The number of aryl methyl sites for hydroxylation is 1. The Morgan fingerprint density at radius 1 is 1.33 bits per heavy atom. The molecule has 92 valence electrons. The molecule has 0 aliphatic heterocycles. The molecule has 1 aromatic heterocycles. The van der Waals surface area contributed by atoms with E-state index in [0.29, 0.717) is 0 Å². The molecule has 0 fully saturated rings. The highest BCUT2D eigenvalue weighted by Gasteiger charge is 2.02. The van der Waals surface area contributed by atoms with Crippen molar-refractivity contribution in [3.63, 3.8) is 0 Å². The number of para-hydroxylation sites is 1. The van der Waals surface area contributed by atoms with Crippen LogP contribution in [0.4, 0.5) is 5.69 Å². The summed E-state index contributed by atoms with van der Waals surface area (Å²) in [5.74, 6) is 0. The Morgan fingerprint density at radius 2 is 2.17 bits per heavy atom. The van der Waals surface area contributed by atoms with E-state index >= 15 is 0 Å². The van der Waals surface area contributed by atoms with E-state index < -0.39 is 0 Å². The van der Waals surface area contributed by atoms with Gasteiger partial charge in [0, 0.05) is 22.5 Å².